The molecule has 1 unspecified atom stereocenters. The average molecular weight is 285 g/mol. The molecule has 0 saturated heterocycles. The van der Waals surface area contributed by atoms with Crippen LogP contribution in [0.5, 0.6) is 0 Å². The van der Waals surface area contributed by atoms with Gasteiger partial charge in [-0.1, -0.05) is 52.1 Å². The summed E-state index contributed by atoms with van der Waals surface area (Å²) in [5.74, 6) is 0.368. The lowest BCUT2D eigenvalue weighted by Crippen LogP contribution is -2.50. The van der Waals surface area contributed by atoms with Crippen LogP contribution in [-0.4, -0.2) is 23.5 Å². The summed E-state index contributed by atoms with van der Waals surface area (Å²) < 4.78 is 0. The number of amides is 1. The number of hydrogen-bond donors (Lipinski definition) is 3. The zero-order chi connectivity index (χ0) is 15.6. The summed E-state index contributed by atoms with van der Waals surface area (Å²) in [4.78, 5) is 12.4. The van der Waals surface area contributed by atoms with Crippen LogP contribution >= 0.6 is 0 Å². The highest BCUT2D eigenvalue weighted by molar-refractivity contribution is 6.06. The van der Waals surface area contributed by atoms with Crippen molar-refractivity contribution in [1.82, 2.24) is 5.32 Å². The van der Waals surface area contributed by atoms with Crippen LogP contribution in [-0.2, 0) is 4.79 Å². The molecule has 0 fully saturated rings. The molecule has 1 atom stereocenters. The first kappa shape index (κ1) is 18.7. The number of nitrogens with two attached hydrogens (primary N) is 1. The van der Waals surface area contributed by atoms with E-state index in [4.69, 9.17) is 10.9 Å². The minimum absolute atomic E-state index is 0.00149. The second kappa shape index (κ2) is 9.61. The molecule has 0 aromatic rings. The van der Waals surface area contributed by atoms with Crippen molar-refractivity contribution in [3.05, 3.63) is 0 Å². The zero-order valence-electron chi connectivity index (χ0n) is 13.4. The number of hydrogen-bond acceptors (Lipinski definition) is 3. The summed E-state index contributed by atoms with van der Waals surface area (Å²) >= 11 is 0. The summed E-state index contributed by atoms with van der Waals surface area (Å²) in [6, 6.07) is 0. The Bertz CT molecular complexity index is 312. The average Bonchev–Trinajstić information content (AvgIpc) is 2.48. The molecule has 20 heavy (non-hydrogen) atoms. The van der Waals surface area contributed by atoms with Gasteiger partial charge in [0.25, 0.3) is 0 Å². The molecule has 0 bridgehead atoms. The van der Waals surface area contributed by atoms with Crippen molar-refractivity contribution in [3.63, 3.8) is 0 Å². The van der Waals surface area contributed by atoms with E-state index in [-0.39, 0.29) is 11.7 Å². The van der Waals surface area contributed by atoms with E-state index in [1.165, 1.54) is 12.8 Å². The highest BCUT2D eigenvalue weighted by atomic mass is 16.4. The minimum atomic E-state index is -0.891. The van der Waals surface area contributed by atoms with Crippen LogP contribution in [0.3, 0.4) is 0 Å². The van der Waals surface area contributed by atoms with E-state index < -0.39 is 5.41 Å². The molecule has 0 aromatic carbocycles. The Kier molecular flexibility index (Phi) is 9.01. The molecule has 118 valence electrons. The van der Waals surface area contributed by atoms with Crippen molar-refractivity contribution >= 4 is 11.7 Å². The quantitative estimate of drug-likeness (QED) is 0.249. The van der Waals surface area contributed by atoms with Crippen LogP contribution in [0.15, 0.2) is 5.16 Å². The molecular weight excluding hydrogens is 254 g/mol. The number of carbonyl (C=O) groups excluding carboxylic acids is 1. The maximum absolute atomic E-state index is 12.4. The Hall–Kier alpha value is -1.26. The van der Waals surface area contributed by atoms with Gasteiger partial charge in [-0.25, -0.2) is 0 Å². The number of oxime groups is 1. The van der Waals surface area contributed by atoms with Crippen molar-refractivity contribution in [1.29, 1.82) is 0 Å². The first-order valence-corrected chi connectivity index (χ1v) is 7.78. The van der Waals surface area contributed by atoms with Gasteiger partial charge < -0.3 is 16.3 Å². The predicted octanol–water partition coefficient (Wildman–Crippen LogP) is 2.87. The summed E-state index contributed by atoms with van der Waals surface area (Å²) in [6.07, 6.45) is 5.58. The van der Waals surface area contributed by atoms with E-state index in [9.17, 15) is 4.79 Å². The largest absolute Gasteiger partial charge is 0.409 e. The molecule has 0 aliphatic heterocycles. The predicted molar refractivity (Wildman–Crippen MR) is 82.7 cm³/mol. The molecule has 0 rings (SSSR count). The number of nitrogens with zero attached hydrogens (tertiary/aromatic N) is 1. The third kappa shape index (κ3) is 4.69. The second-order valence-electron chi connectivity index (χ2n) is 5.40. The smallest absolute Gasteiger partial charge is 0.233 e. The molecule has 0 aliphatic rings. The van der Waals surface area contributed by atoms with Gasteiger partial charge in [0.15, 0.2) is 5.84 Å². The molecule has 1 amide bonds. The van der Waals surface area contributed by atoms with Crippen LogP contribution in [0, 0.1) is 11.3 Å². The molecule has 0 aromatic heterocycles. The van der Waals surface area contributed by atoms with Gasteiger partial charge in [-0.3, -0.25) is 4.79 Å². The number of carbonyl (C=O) groups is 1. The Balaban J connectivity index is 4.70. The van der Waals surface area contributed by atoms with E-state index in [1.807, 2.05) is 13.8 Å². The molecule has 5 nitrogen and oxygen atoms in total. The van der Waals surface area contributed by atoms with Crippen molar-refractivity contribution in [3.8, 4) is 0 Å². The van der Waals surface area contributed by atoms with Gasteiger partial charge in [-0.15, -0.1) is 0 Å². The maximum atomic E-state index is 12.4. The van der Waals surface area contributed by atoms with Crippen molar-refractivity contribution in [2.24, 2.45) is 22.2 Å². The van der Waals surface area contributed by atoms with E-state index in [1.54, 1.807) is 0 Å². The van der Waals surface area contributed by atoms with Gasteiger partial charge in [0, 0.05) is 6.54 Å². The van der Waals surface area contributed by atoms with Crippen LogP contribution in [0.1, 0.15) is 66.2 Å². The van der Waals surface area contributed by atoms with Crippen LogP contribution in [0.2, 0.25) is 0 Å². The van der Waals surface area contributed by atoms with Gasteiger partial charge in [0.05, 0.1) is 0 Å². The molecule has 4 N–H and O–H groups in total. The second-order valence-corrected chi connectivity index (χ2v) is 5.40. The Morgan fingerprint density at radius 3 is 2.30 bits per heavy atom. The number of nitrogens with one attached hydrogen (secondary N) is 1. The molecule has 0 aliphatic carbocycles. The van der Waals surface area contributed by atoms with E-state index >= 15 is 0 Å². The molecule has 0 heterocycles. The standard InChI is InChI=1S/C15H31N3O2/c1-5-9-10-12(6-2)11-17-14(19)15(7-3,8-4)13(16)18-20/h12,20H,5-11H2,1-4H3,(H2,16,18)(H,17,19). The fourth-order valence-corrected chi connectivity index (χ4v) is 2.49. The minimum Gasteiger partial charge on any atom is -0.409 e. The van der Waals surface area contributed by atoms with Gasteiger partial charge in [-0.2, -0.15) is 0 Å². The monoisotopic (exact) mass is 285 g/mol. The lowest BCUT2D eigenvalue weighted by atomic mass is 9.80. The maximum Gasteiger partial charge on any atom is 0.233 e. The molecular formula is C15H31N3O2. The van der Waals surface area contributed by atoms with Crippen molar-refractivity contribution < 1.29 is 10.0 Å². The summed E-state index contributed by atoms with van der Waals surface area (Å²) in [6.45, 7) is 8.74. The third-order valence-electron chi connectivity index (χ3n) is 4.33. The molecule has 0 spiro atoms. The topological polar surface area (TPSA) is 87.7 Å². The molecule has 0 radical (unpaired) electrons. The van der Waals surface area contributed by atoms with Crippen molar-refractivity contribution in [2.45, 2.75) is 66.2 Å². The van der Waals surface area contributed by atoms with Crippen LogP contribution < -0.4 is 11.1 Å². The first-order chi connectivity index (χ1) is 9.52. The summed E-state index contributed by atoms with van der Waals surface area (Å²) in [5, 5.41) is 14.9. The Labute approximate surface area is 123 Å². The number of unbranched alkanes of at least 4 members (excludes halogenated alkanes) is 1. The fourth-order valence-electron chi connectivity index (χ4n) is 2.49. The highest BCUT2D eigenvalue weighted by Gasteiger charge is 2.39. The Morgan fingerprint density at radius 1 is 1.30 bits per heavy atom. The van der Waals surface area contributed by atoms with Gasteiger partial charge in [-0.05, 0) is 25.2 Å². The van der Waals surface area contributed by atoms with Gasteiger partial charge in [0.2, 0.25) is 5.91 Å². The normalized spacial score (nSPS) is 14.1. The molecule has 0 saturated carbocycles. The van der Waals surface area contributed by atoms with Crippen LogP contribution in [0.25, 0.3) is 0 Å². The van der Waals surface area contributed by atoms with E-state index in [0.29, 0.717) is 25.3 Å². The summed E-state index contributed by atoms with van der Waals surface area (Å²) in [5.41, 5.74) is 4.84. The van der Waals surface area contributed by atoms with Gasteiger partial charge in [0.1, 0.15) is 5.41 Å². The van der Waals surface area contributed by atoms with Crippen molar-refractivity contribution in [2.75, 3.05) is 6.54 Å². The lowest BCUT2D eigenvalue weighted by Gasteiger charge is -2.29. The van der Waals surface area contributed by atoms with E-state index in [2.05, 4.69) is 24.3 Å². The number of amidine groups is 1. The zero-order valence-corrected chi connectivity index (χ0v) is 13.4. The lowest BCUT2D eigenvalue weighted by molar-refractivity contribution is -0.128. The third-order valence-corrected chi connectivity index (χ3v) is 4.33. The summed E-state index contributed by atoms with van der Waals surface area (Å²) in [7, 11) is 0. The first-order valence-electron chi connectivity index (χ1n) is 7.78. The highest BCUT2D eigenvalue weighted by Crippen LogP contribution is 2.27. The number of rotatable bonds is 10. The Morgan fingerprint density at radius 2 is 1.90 bits per heavy atom. The van der Waals surface area contributed by atoms with Crippen LogP contribution in [0.4, 0.5) is 0 Å². The fraction of sp³-hybridized carbons (Fsp3) is 0.867. The molecule has 5 heteroatoms. The SMILES string of the molecule is CCCCC(CC)CNC(=O)C(CC)(CC)C(N)=NO. The van der Waals surface area contributed by atoms with Gasteiger partial charge >= 0.3 is 0 Å². The van der Waals surface area contributed by atoms with E-state index in [0.717, 1.165) is 12.8 Å².